The van der Waals surface area contributed by atoms with E-state index in [1.54, 1.807) is 24.3 Å². The van der Waals surface area contributed by atoms with Crippen LogP contribution in [0.5, 0.6) is 11.5 Å². The lowest BCUT2D eigenvalue weighted by Crippen LogP contribution is -2.45. The minimum atomic E-state index is -0.582. The van der Waals surface area contributed by atoms with E-state index in [9.17, 15) is 19.8 Å². The van der Waals surface area contributed by atoms with Crippen LogP contribution in [0.3, 0.4) is 0 Å². The predicted octanol–water partition coefficient (Wildman–Crippen LogP) is 5.77. The molecule has 224 valence electrons. The molecule has 2 saturated heterocycles. The lowest BCUT2D eigenvalue weighted by Gasteiger charge is -2.38. The molecule has 0 unspecified atom stereocenters. The number of phenols is 2. The molecule has 2 N–H and O–H groups in total. The van der Waals surface area contributed by atoms with Crippen molar-refractivity contribution in [2.24, 2.45) is 5.92 Å². The van der Waals surface area contributed by atoms with Gasteiger partial charge >= 0.3 is 5.97 Å². The van der Waals surface area contributed by atoms with Crippen molar-refractivity contribution in [3.05, 3.63) is 93.1 Å². The van der Waals surface area contributed by atoms with Gasteiger partial charge in [0.1, 0.15) is 34.3 Å². The molecule has 2 aliphatic heterocycles. The Morgan fingerprint density at radius 1 is 0.977 bits per heavy atom. The average Bonchev–Trinajstić information content (AvgIpc) is 2.99. The summed E-state index contributed by atoms with van der Waals surface area (Å²) in [5.41, 5.74) is 1.73. The summed E-state index contributed by atoms with van der Waals surface area (Å²) in [5.74, 6) is -1.28. The third-order valence-corrected chi connectivity index (χ3v) is 9.04. The van der Waals surface area contributed by atoms with E-state index in [1.165, 1.54) is 17.7 Å². The third kappa shape index (κ3) is 6.13. The number of hydrogen-bond acceptors (Lipinski definition) is 8. The van der Waals surface area contributed by atoms with Gasteiger partial charge in [-0.15, -0.1) is 0 Å². The van der Waals surface area contributed by atoms with Crippen LogP contribution in [-0.2, 0) is 16.1 Å². The number of carbonyl (C=O) groups excluding carboxylic acids is 1. The molecule has 6 rings (SSSR count). The maximum Gasteiger partial charge on any atom is 0.309 e. The number of nitrogens with zero attached hydrogens (tertiary/aromatic N) is 2. The number of aromatic hydroxyl groups is 2. The minimum Gasteiger partial charge on any atom is -0.507 e. The summed E-state index contributed by atoms with van der Waals surface area (Å²) < 4.78 is 12.5. The zero-order valence-electron chi connectivity index (χ0n) is 24.0. The molecular weight excluding hydrogens is 568 g/mol. The molecular formula is C34H35ClN2O6. The van der Waals surface area contributed by atoms with Gasteiger partial charge in [0.15, 0.2) is 5.43 Å². The van der Waals surface area contributed by atoms with E-state index < -0.39 is 17.5 Å². The van der Waals surface area contributed by atoms with Crippen LogP contribution in [0.25, 0.3) is 22.3 Å². The number of likely N-dealkylation sites (N-methyl/N-ethyl adjacent to an activating group) is 1. The zero-order chi connectivity index (χ0) is 30.1. The number of piperidine rings is 2. The van der Waals surface area contributed by atoms with Crippen molar-refractivity contribution in [2.75, 3.05) is 33.2 Å². The van der Waals surface area contributed by atoms with Gasteiger partial charge < -0.3 is 24.3 Å². The molecule has 3 heterocycles. The Bertz CT molecular complexity index is 1680. The summed E-state index contributed by atoms with van der Waals surface area (Å²) in [5, 5.41) is 22.2. The maximum absolute atomic E-state index is 13.5. The molecule has 0 aliphatic carbocycles. The monoisotopic (exact) mass is 602 g/mol. The molecule has 0 saturated carbocycles. The normalized spacial score (nSPS) is 20.3. The van der Waals surface area contributed by atoms with Crippen molar-refractivity contribution in [2.45, 2.75) is 37.8 Å². The second kappa shape index (κ2) is 12.4. The van der Waals surface area contributed by atoms with Gasteiger partial charge in [-0.25, -0.2) is 0 Å². The summed E-state index contributed by atoms with van der Waals surface area (Å²) in [7, 11) is 1.96. The van der Waals surface area contributed by atoms with Gasteiger partial charge in [-0.1, -0.05) is 54.1 Å². The summed E-state index contributed by atoms with van der Waals surface area (Å²) in [6.45, 7) is 3.61. The summed E-state index contributed by atoms with van der Waals surface area (Å²) in [6.07, 6.45) is 1.39. The molecule has 43 heavy (non-hydrogen) atoms. The van der Waals surface area contributed by atoms with Crippen molar-refractivity contribution in [1.82, 2.24) is 9.80 Å². The van der Waals surface area contributed by atoms with Gasteiger partial charge in [-0.05, 0) is 63.6 Å². The first-order chi connectivity index (χ1) is 20.8. The molecule has 0 bridgehead atoms. The molecule has 3 aromatic carbocycles. The number of hydrogen-bond donors (Lipinski definition) is 2. The van der Waals surface area contributed by atoms with Crippen molar-refractivity contribution in [3.63, 3.8) is 0 Å². The summed E-state index contributed by atoms with van der Waals surface area (Å²) in [6, 6.07) is 19.8. The molecule has 0 radical (unpaired) electrons. The number of halogens is 1. The second-order valence-corrected chi connectivity index (χ2v) is 12.1. The maximum atomic E-state index is 13.5. The Morgan fingerprint density at radius 3 is 2.44 bits per heavy atom. The fraction of sp³-hybridized carbons (Fsp3) is 0.353. The molecule has 4 aromatic rings. The number of fused-ring (bicyclic) bond motifs is 1. The highest BCUT2D eigenvalue weighted by Crippen LogP contribution is 2.44. The van der Waals surface area contributed by atoms with E-state index in [0.717, 1.165) is 19.6 Å². The van der Waals surface area contributed by atoms with Crippen LogP contribution in [0.2, 0.25) is 5.02 Å². The Hall–Kier alpha value is -3.85. The highest BCUT2D eigenvalue weighted by molar-refractivity contribution is 6.33. The van der Waals surface area contributed by atoms with Crippen LogP contribution in [-0.4, -0.2) is 65.3 Å². The fourth-order valence-corrected chi connectivity index (χ4v) is 6.64. The van der Waals surface area contributed by atoms with Crippen molar-refractivity contribution in [1.29, 1.82) is 0 Å². The van der Waals surface area contributed by atoms with E-state index in [2.05, 4.69) is 21.9 Å². The van der Waals surface area contributed by atoms with E-state index >= 15 is 0 Å². The predicted molar refractivity (Wildman–Crippen MR) is 165 cm³/mol. The van der Waals surface area contributed by atoms with Gasteiger partial charge in [0.25, 0.3) is 0 Å². The van der Waals surface area contributed by atoms with E-state index in [4.69, 9.17) is 20.8 Å². The summed E-state index contributed by atoms with van der Waals surface area (Å²) in [4.78, 5) is 31.2. The van der Waals surface area contributed by atoms with E-state index in [1.807, 2.05) is 25.2 Å². The van der Waals surface area contributed by atoms with Crippen LogP contribution in [0.4, 0.5) is 0 Å². The Morgan fingerprint density at radius 2 is 1.70 bits per heavy atom. The van der Waals surface area contributed by atoms with Crippen LogP contribution in [0.15, 0.2) is 75.9 Å². The smallest absolute Gasteiger partial charge is 0.309 e. The minimum absolute atomic E-state index is 0.0293. The molecule has 0 amide bonds. The van der Waals surface area contributed by atoms with Crippen molar-refractivity contribution < 1.29 is 24.2 Å². The number of likely N-dealkylation sites (tertiary alicyclic amines) is 2. The lowest BCUT2D eigenvalue weighted by molar-refractivity contribution is -0.159. The number of benzene rings is 3. The Balaban J connectivity index is 1.27. The lowest BCUT2D eigenvalue weighted by atomic mass is 9.85. The zero-order valence-corrected chi connectivity index (χ0v) is 24.8. The van der Waals surface area contributed by atoms with Crippen molar-refractivity contribution in [3.8, 4) is 22.8 Å². The molecule has 2 atom stereocenters. The molecule has 9 heteroatoms. The number of carbonyl (C=O) groups is 1. The Kier molecular flexibility index (Phi) is 8.43. The highest BCUT2D eigenvalue weighted by atomic mass is 35.5. The van der Waals surface area contributed by atoms with Crippen LogP contribution in [0.1, 0.15) is 36.3 Å². The van der Waals surface area contributed by atoms with Crippen LogP contribution in [0, 0.1) is 5.92 Å². The first kappa shape index (κ1) is 29.2. The molecule has 8 nitrogen and oxygen atoms in total. The SMILES string of the molecule is CN1CC[C@H](c2c(O)cc(O)c3c(=O)cc(-c4ccccc4Cl)oc23)[C@H](OC(=O)C2CCN(Cc3ccccc3)CC2)C1. The van der Waals surface area contributed by atoms with Crippen molar-refractivity contribution >= 4 is 28.5 Å². The number of ether oxygens (including phenoxy) is 1. The highest BCUT2D eigenvalue weighted by Gasteiger charge is 2.38. The summed E-state index contributed by atoms with van der Waals surface area (Å²) >= 11 is 6.41. The van der Waals surface area contributed by atoms with E-state index in [-0.39, 0.29) is 40.1 Å². The quantitative estimate of drug-likeness (QED) is 0.268. The topological polar surface area (TPSA) is 103 Å². The number of rotatable bonds is 6. The first-order valence-corrected chi connectivity index (χ1v) is 15.1. The fourth-order valence-electron chi connectivity index (χ4n) is 6.41. The number of phenolic OH excluding ortho intramolecular Hbond substituents is 2. The van der Waals surface area contributed by atoms with Gasteiger partial charge in [-0.3, -0.25) is 14.5 Å². The molecule has 0 spiro atoms. The Labute approximate surface area is 255 Å². The molecule has 2 fully saturated rings. The standard InChI is InChI=1S/C34H35ClN2O6/c1-36-14-13-24(30(20-36)43-34(41)22-11-15-37(16-12-22)19-21-7-3-2-4-8-21)31-26(38)17-27(39)32-28(40)18-29(42-33(31)32)23-9-5-6-10-25(23)35/h2-10,17-18,22,24,30,38-39H,11-16,19-20H2,1H3/t24-,30+/m0/s1. The van der Waals surface area contributed by atoms with Crippen LogP contribution >= 0.6 is 11.6 Å². The molecule has 1 aromatic heterocycles. The van der Waals surface area contributed by atoms with Gasteiger partial charge in [-0.2, -0.15) is 0 Å². The molecule has 2 aliphatic rings. The first-order valence-electron chi connectivity index (χ1n) is 14.7. The third-order valence-electron chi connectivity index (χ3n) is 8.71. The van der Waals surface area contributed by atoms with Gasteiger partial charge in [0.05, 0.1) is 10.9 Å². The van der Waals surface area contributed by atoms with Gasteiger partial charge in [0, 0.05) is 42.3 Å². The number of esters is 1. The largest absolute Gasteiger partial charge is 0.507 e. The van der Waals surface area contributed by atoms with Gasteiger partial charge in [0.2, 0.25) is 0 Å². The second-order valence-electron chi connectivity index (χ2n) is 11.7. The average molecular weight is 603 g/mol. The van der Waals surface area contributed by atoms with E-state index in [0.29, 0.717) is 48.5 Å². The van der Waals surface area contributed by atoms with Crippen LogP contribution < -0.4 is 5.43 Å².